The molecule has 0 aliphatic carbocycles. The number of fused-ring (bicyclic) bond motifs is 1. The Kier molecular flexibility index (Phi) is 5.05. The van der Waals surface area contributed by atoms with Crippen molar-refractivity contribution in [1.29, 1.82) is 0 Å². The van der Waals surface area contributed by atoms with Gasteiger partial charge in [0, 0.05) is 17.4 Å². The van der Waals surface area contributed by atoms with Crippen LogP contribution in [0.4, 0.5) is 17.2 Å². The lowest BCUT2D eigenvalue weighted by Gasteiger charge is -2.18. The standard InChI is InChI=1S/C21H20N4O3/c1-2-14-3-5-15(6-4-14)22-20-10-8-17(24-25-20)21(26)23-16-7-9-18-19(13-16)28-12-11-27-18/h3-10,13H,2,11-12H2,1H3,(H,22,25)(H,23,26). The zero-order valence-electron chi connectivity index (χ0n) is 15.4. The highest BCUT2D eigenvalue weighted by Gasteiger charge is 2.14. The molecule has 0 atom stereocenters. The minimum absolute atomic E-state index is 0.224. The molecule has 0 bridgehead atoms. The lowest BCUT2D eigenvalue weighted by Crippen LogP contribution is -2.17. The highest BCUT2D eigenvalue weighted by atomic mass is 16.6. The molecule has 4 rings (SSSR count). The number of nitrogens with one attached hydrogen (secondary N) is 2. The first-order chi connectivity index (χ1) is 13.7. The highest BCUT2D eigenvalue weighted by molar-refractivity contribution is 6.03. The van der Waals surface area contributed by atoms with Crippen LogP contribution < -0.4 is 20.1 Å². The third-order valence-corrected chi connectivity index (χ3v) is 4.33. The molecule has 1 aliphatic heterocycles. The molecule has 142 valence electrons. The summed E-state index contributed by atoms with van der Waals surface area (Å²) in [6.07, 6.45) is 0.993. The van der Waals surface area contributed by atoms with Crippen molar-refractivity contribution in [3.63, 3.8) is 0 Å². The number of carbonyl (C=O) groups excluding carboxylic acids is 1. The number of aromatic nitrogens is 2. The topological polar surface area (TPSA) is 85.4 Å². The molecule has 0 unspecified atom stereocenters. The Morgan fingerprint density at radius 2 is 1.68 bits per heavy atom. The van der Waals surface area contributed by atoms with E-state index in [2.05, 4.69) is 39.9 Å². The molecule has 7 heteroatoms. The molecule has 7 nitrogen and oxygen atoms in total. The minimum Gasteiger partial charge on any atom is -0.486 e. The summed E-state index contributed by atoms with van der Waals surface area (Å²) in [5, 5.41) is 14.1. The number of amides is 1. The van der Waals surface area contributed by atoms with Gasteiger partial charge in [0.05, 0.1) is 0 Å². The normalized spacial score (nSPS) is 12.3. The van der Waals surface area contributed by atoms with Gasteiger partial charge in [-0.1, -0.05) is 19.1 Å². The molecule has 2 heterocycles. The fourth-order valence-electron chi connectivity index (χ4n) is 2.81. The summed E-state index contributed by atoms with van der Waals surface area (Å²) >= 11 is 0. The number of anilines is 3. The van der Waals surface area contributed by atoms with Crippen molar-refractivity contribution in [2.45, 2.75) is 13.3 Å². The van der Waals surface area contributed by atoms with Crippen LogP contribution in [0.3, 0.4) is 0 Å². The smallest absolute Gasteiger partial charge is 0.276 e. The molecule has 0 saturated carbocycles. The van der Waals surface area contributed by atoms with Gasteiger partial charge in [-0.05, 0) is 48.4 Å². The van der Waals surface area contributed by atoms with Crippen molar-refractivity contribution < 1.29 is 14.3 Å². The summed E-state index contributed by atoms with van der Waals surface area (Å²) in [7, 11) is 0. The largest absolute Gasteiger partial charge is 0.486 e. The summed E-state index contributed by atoms with van der Waals surface area (Å²) in [6, 6.07) is 16.7. The third-order valence-electron chi connectivity index (χ3n) is 4.33. The number of carbonyl (C=O) groups is 1. The van der Waals surface area contributed by atoms with Crippen LogP contribution >= 0.6 is 0 Å². The summed E-state index contributed by atoms with van der Waals surface area (Å²) in [5.74, 6) is 1.51. The molecular weight excluding hydrogens is 356 g/mol. The Bertz CT molecular complexity index is 972. The van der Waals surface area contributed by atoms with Crippen LogP contribution in [0.2, 0.25) is 0 Å². The van der Waals surface area contributed by atoms with E-state index in [0.29, 0.717) is 36.2 Å². The van der Waals surface area contributed by atoms with Gasteiger partial charge in [-0.2, -0.15) is 0 Å². The van der Waals surface area contributed by atoms with Crippen LogP contribution in [0, 0.1) is 0 Å². The van der Waals surface area contributed by atoms with E-state index in [-0.39, 0.29) is 11.6 Å². The van der Waals surface area contributed by atoms with Crippen LogP contribution in [-0.2, 0) is 6.42 Å². The van der Waals surface area contributed by atoms with Gasteiger partial charge in [0.1, 0.15) is 13.2 Å². The number of nitrogens with zero attached hydrogens (tertiary/aromatic N) is 2. The third kappa shape index (κ3) is 4.03. The quantitative estimate of drug-likeness (QED) is 0.704. The van der Waals surface area contributed by atoms with E-state index < -0.39 is 0 Å². The molecule has 0 fully saturated rings. The number of ether oxygens (including phenoxy) is 2. The van der Waals surface area contributed by atoms with E-state index in [1.807, 2.05) is 12.1 Å². The van der Waals surface area contributed by atoms with Gasteiger partial charge in [0.15, 0.2) is 23.0 Å². The van der Waals surface area contributed by atoms with Crippen LogP contribution in [0.15, 0.2) is 54.6 Å². The molecule has 0 saturated heterocycles. The number of hydrogen-bond donors (Lipinski definition) is 2. The van der Waals surface area contributed by atoms with Crippen LogP contribution in [0.25, 0.3) is 0 Å². The second kappa shape index (κ2) is 7.96. The number of hydrogen-bond acceptors (Lipinski definition) is 6. The van der Waals surface area contributed by atoms with Gasteiger partial charge in [-0.25, -0.2) is 0 Å². The molecular formula is C21H20N4O3. The highest BCUT2D eigenvalue weighted by Crippen LogP contribution is 2.32. The summed E-state index contributed by atoms with van der Waals surface area (Å²) in [4.78, 5) is 12.4. The fraction of sp³-hybridized carbons (Fsp3) is 0.190. The van der Waals surface area contributed by atoms with Crippen LogP contribution in [0.1, 0.15) is 23.0 Å². The monoisotopic (exact) mass is 376 g/mol. The Hall–Kier alpha value is -3.61. The second-order valence-electron chi connectivity index (χ2n) is 6.29. The van der Waals surface area contributed by atoms with Crippen molar-refractivity contribution in [1.82, 2.24) is 10.2 Å². The van der Waals surface area contributed by atoms with Crippen molar-refractivity contribution in [3.8, 4) is 11.5 Å². The van der Waals surface area contributed by atoms with E-state index in [1.54, 1.807) is 30.3 Å². The van der Waals surface area contributed by atoms with Gasteiger partial charge in [0.2, 0.25) is 0 Å². The molecule has 0 spiro atoms. The van der Waals surface area contributed by atoms with Gasteiger partial charge < -0.3 is 20.1 Å². The molecule has 2 aromatic carbocycles. The first-order valence-corrected chi connectivity index (χ1v) is 9.12. The Balaban J connectivity index is 1.40. The zero-order chi connectivity index (χ0) is 19.3. The molecule has 0 radical (unpaired) electrons. The van der Waals surface area contributed by atoms with E-state index >= 15 is 0 Å². The first-order valence-electron chi connectivity index (χ1n) is 9.12. The molecule has 28 heavy (non-hydrogen) atoms. The average molecular weight is 376 g/mol. The molecule has 3 aromatic rings. The first kappa shape index (κ1) is 17.8. The fourth-order valence-corrected chi connectivity index (χ4v) is 2.81. The van der Waals surface area contributed by atoms with E-state index in [9.17, 15) is 4.79 Å². The second-order valence-corrected chi connectivity index (χ2v) is 6.29. The molecule has 2 N–H and O–H groups in total. The number of rotatable bonds is 5. The van der Waals surface area contributed by atoms with E-state index in [4.69, 9.17) is 9.47 Å². The predicted molar refractivity (Wildman–Crippen MR) is 107 cm³/mol. The Labute approximate surface area is 162 Å². The lowest BCUT2D eigenvalue weighted by molar-refractivity contribution is 0.102. The van der Waals surface area contributed by atoms with Gasteiger partial charge >= 0.3 is 0 Å². The minimum atomic E-state index is -0.344. The van der Waals surface area contributed by atoms with Crippen molar-refractivity contribution >= 4 is 23.1 Å². The van der Waals surface area contributed by atoms with Gasteiger partial charge in [-0.15, -0.1) is 10.2 Å². The Morgan fingerprint density at radius 1 is 0.929 bits per heavy atom. The summed E-state index contributed by atoms with van der Waals surface area (Å²) in [5.41, 5.74) is 3.01. The maximum absolute atomic E-state index is 12.4. The summed E-state index contributed by atoms with van der Waals surface area (Å²) < 4.78 is 11.0. The number of aryl methyl sites for hydroxylation is 1. The van der Waals surface area contributed by atoms with Gasteiger partial charge in [0.25, 0.3) is 5.91 Å². The van der Waals surface area contributed by atoms with Crippen molar-refractivity contribution in [3.05, 3.63) is 65.9 Å². The van der Waals surface area contributed by atoms with Gasteiger partial charge in [-0.3, -0.25) is 4.79 Å². The van der Waals surface area contributed by atoms with Crippen LogP contribution in [0.5, 0.6) is 11.5 Å². The molecule has 1 aliphatic rings. The van der Waals surface area contributed by atoms with E-state index in [0.717, 1.165) is 12.1 Å². The predicted octanol–water partition coefficient (Wildman–Crippen LogP) is 3.81. The zero-order valence-corrected chi connectivity index (χ0v) is 15.4. The molecule has 1 aromatic heterocycles. The van der Waals surface area contributed by atoms with E-state index in [1.165, 1.54) is 5.56 Å². The maximum atomic E-state index is 12.4. The lowest BCUT2D eigenvalue weighted by atomic mass is 10.1. The Morgan fingerprint density at radius 3 is 2.39 bits per heavy atom. The molecule has 1 amide bonds. The van der Waals surface area contributed by atoms with Crippen molar-refractivity contribution in [2.75, 3.05) is 23.8 Å². The average Bonchev–Trinajstić information content (AvgIpc) is 2.75. The van der Waals surface area contributed by atoms with Crippen LogP contribution in [-0.4, -0.2) is 29.3 Å². The maximum Gasteiger partial charge on any atom is 0.276 e. The SMILES string of the molecule is CCc1ccc(Nc2ccc(C(=O)Nc3ccc4c(c3)OCCO4)nn2)cc1. The van der Waals surface area contributed by atoms with Crippen molar-refractivity contribution in [2.24, 2.45) is 0 Å². The number of benzene rings is 2. The summed E-state index contributed by atoms with van der Waals surface area (Å²) in [6.45, 7) is 3.13.